The van der Waals surface area contributed by atoms with Crippen LogP contribution in [0.25, 0.3) is 0 Å². The minimum absolute atomic E-state index is 0.359. The van der Waals surface area contributed by atoms with Crippen molar-refractivity contribution in [2.24, 2.45) is 0 Å². The topological polar surface area (TPSA) is 38.0 Å². The van der Waals surface area contributed by atoms with Gasteiger partial charge in [0.1, 0.15) is 0 Å². The smallest absolute Gasteiger partial charge is 0.0576 e. The van der Waals surface area contributed by atoms with Gasteiger partial charge >= 0.3 is 0 Å². The van der Waals surface area contributed by atoms with Crippen LogP contribution < -0.4 is 11.1 Å². The predicted octanol–water partition coefficient (Wildman–Crippen LogP) is 3.62. The van der Waals surface area contributed by atoms with Crippen LogP contribution in [0, 0.1) is 6.92 Å². The molecule has 0 aliphatic carbocycles. The zero-order valence-corrected chi connectivity index (χ0v) is 11.0. The van der Waals surface area contributed by atoms with Crippen LogP contribution in [-0.4, -0.2) is 6.04 Å². The monoisotopic (exact) mass is 240 g/mol. The van der Waals surface area contributed by atoms with Gasteiger partial charge < -0.3 is 11.1 Å². The van der Waals surface area contributed by atoms with Gasteiger partial charge in [0.05, 0.1) is 11.4 Å². The van der Waals surface area contributed by atoms with Crippen molar-refractivity contribution in [1.29, 1.82) is 0 Å². The van der Waals surface area contributed by atoms with Crippen LogP contribution in [0.2, 0.25) is 0 Å². The van der Waals surface area contributed by atoms with Gasteiger partial charge in [-0.05, 0) is 43.5 Å². The molecule has 2 aromatic rings. The molecule has 2 nitrogen and oxygen atoms in total. The minimum atomic E-state index is 0.359. The second-order valence-corrected chi connectivity index (χ2v) is 4.83. The molecule has 1 unspecified atom stereocenters. The van der Waals surface area contributed by atoms with Crippen molar-refractivity contribution in [3.05, 3.63) is 59.7 Å². The number of aryl methyl sites for hydroxylation is 1. The summed E-state index contributed by atoms with van der Waals surface area (Å²) in [7, 11) is 0. The lowest BCUT2D eigenvalue weighted by molar-refractivity contribution is 0.791. The highest BCUT2D eigenvalue weighted by Crippen LogP contribution is 2.21. The van der Waals surface area contributed by atoms with E-state index in [1.807, 2.05) is 25.1 Å². The molecule has 2 aromatic carbocycles. The summed E-state index contributed by atoms with van der Waals surface area (Å²) in [6, 6.07) is 17.0. The lowest BCUT2D eigenvalue weighted by atomic mass is 10.1. The van der Waals surface area contributed by atoms with Crippen molar-refractivity contribution >= 4 is 11.4 Å². The Morgan fingerprint density at radius 1 is 1.11 bits per heavy atom. The van der Waals surface area contributed by atoms with E-state index in [2.05, 4.69) is 42.6 Å². The summed E-state index contributed by atoms with van der Waals surface area (Å²) < 4.78 is 0. The molecule has 0 heterocycles. The zero-order valence-electron chi connectivity index (χ0n) is 11.0. The molecule has 0 spiro atoms. The molecule has 18 heavy (non-hydrogen) atoms. The zero-order chi connectivity index (χ0) is 13.0. The first-order valence-corrected chi connectivity index (χ1v) is 6.32. The summed E-state index contributed by atoms with van der Waals surface area (Å²) in [6.45, 7) is 4.22. The van der Waals surface area contributed by atoms with Crippen LogP contribution in [0.5, 0.6) is 0 Å². The molecular formula is C16H20N2. The average Bonchev–Trinajstić information content (AvgIpc) is 2.34. The predicted molar refractivity (Wildman–Crippen MR) is 78.8 cm³/mol. The van der Waals surface area contributed by atoms with Crippen molar-refractivity contribution in [2.45, 2.75) is 26.3 Å². The van der Waals surface area contributed by atoms with E-state index < -0.39 is 0 Å². The summed E-state index contributed by atoms with van der Waals surface area (Å²) in [6.07, 6.45) is 0.994. The fourth-order valence-corrected chi connectivity index (χ4v) is 2.10. The van der Waals surface area contributed by atoms with Crippen molar-refractivity contribution in [3.8, 4) is 0 Å². The maximum atomic E-state index is 6.00. The van der Waals surface area contributed by atoms with Gasteiger partial charge in [0, 0.05) is 6.04 Å². The average molecular weight is 240 g/mol. The van der Waals surface area contributed by atoms with E-state index >= 15 is 0 Å². The van der Waals surface area contributed by atoms with Gasteiger partial charge in [-0.3, -0.25) is 0 Å². The van der Waals surface area contributed by atoms with Crippen molar-refractivity contribution in [3.63, 3.8) is 0 Å². The Hall–Kier alpha value is -1.96. The molecule has 0 amide bonds. The van der Waals surface area contributed by atoms with Crippen LogP contribution in [-0.2, 0) is 6.42 Å². The maximum Gasteiger partial charge on any atom is 0.0576 e. The van der Waals surface area contributed by atoms with Crippen molar-refractivity contribution in [1.82, 2.24) is 0 Å². The van der Waals surface area contributed by atoms with Crippen molar-refractivity contribution in [2.75, 3.05) is 11.1 Å². The van der Waals surface area contributed by atoms with Gasteiger partial charge in [-0.15, -0.1) is 0 Å². The summed E-state index contributed by atoms with van der Waals surface area (Å²) in [5, 5.41) is 3.46. The van der Waals surface area contributed by atoms with Crippen LogP contribution in [0.3, 0.4) is 0 Å². The number of benzene rings is 2. The first-order chi connectivity index (χ1) is 8.65. The fourth-order valence-electron chi connectivity index (χ4n) is 2.10. The highest BCUT2D eigenvalue weighted by Gasteiger charge is 2.05. The first-order valence-electron chi connectivity index (χ1n) is 6.32. The Balaban J connectivity index is 2.01. The Kier molecular flexibility index (Phi) is 3.88. The first kappa shape index (κ1) is 12.5. The lowest BCUT2D eigenvalue weighted by Crippen LogP contribution is -2.18. The van der Waals surface area contributed by atoms with E-state index in [0.717, 1.165) is 17.8 Å². The second kappa shape index (κ2) is 5.58. The van der Waals surface area contributed by atoms with Gasteiger partial charge in [0.2, 0.25) is 0 Å². The minimum Gasteiger partial charge on any atom is -0.397 e. The molecule has 0 aromatic heterocycles. The molecule has 2 rings (SSSR count). The molecule has 94 valence electrons. The summed E-state index contributed by atoms with van der Waals surface area (Å²) in [5.74, 6) is 0. The summed E-state index contributed by atoms with van der Waals surface area (Å²) in [5.41, 5.74) is 10.4. The van der Waals surface area contributed by atoms with E-state index in [4.69, 9.17) is 5.73 Å². The molecule has 0 radical (unpaired) electrons. The molecule has 1 atom stereocenters. The van der Waals surface area contributed by atoms with Gasteiger partial charge in [-0.25, -0.2) is 0 Å². The number of rotatable bonds is 4. The number of nitrogens with two attached hydrogens (primary N) is 1. The van der Waals surface area contributed by atoms with E-state index in [9.17, 15) is 0 Å². The third-order valence-corrected chi connectivity index (χ3v) is 2.99. The van der Waals surface area contributed by atoms with Crippen LogP contribution in [0.4, 0.5) is 11.4 Å². The van der Waals surface area contributed by atoms with E-state index in [0.29, 0.717) is 6.04 Å². The number of hydrogen-bond donors (Lipinski definition) is 2. The molecule has 3 N–H and O–H groups in total. The van der Waals surface area contributed by atoms with Crippen LogP contribution in [0.1, 0.15) is 18.1 Å². The summed E-state index contributed by atoms with van der Waals surface area (Å²) in [4.78, 5) is 0. The van der Waals surface area contributed by atoms with Gasteiger partial charge in [-0.1, -0.05) is 36.4 Å². The van der Waals surface area contributed by atoms with Crippen LogP contribution in [0.15, 0.2) is 48.5 Å². The highest BCUT2D eigenvalue weighted by atomic mass is 14.9. The SMILES string of the molecule is Cc1ccc(NC(C)Cc2ccccc2)c(N)c1. The van der Waals surface area contributed by atoms with E-state index in [1.165, 1.54) is 11.1 Å². The molecule has 0 aliphatic rings. The molecular weight excluding hydrogens is 220 g/mol. The Labute approximate surface area is 109 Å². The fraction of sp³-hybridized carbons (Fsp3) is 0.250. The molecule has 0 saturated carbocycles. The largest absolute Gasteiger partial charge is 0.397 e. The second-order valence-electron chi connectivity index (χ2n) is 4.83. The third kappa shape index (κ3) is 3.27. The number of hydrogen-bond acceptors (Lipinski definition) is 2. The number of anilines is 2. The molecule has 0 bridgehead atoms. The number of nitrogen functional groups attached to an aromatic ring is 1. The van der Waals surface area contributed by atoms with E-state index in [-0.39, 0.29) is 0 Å². The molecule has 0 fully saturated rings. The van der Waals surface area contributed by atoms with Gasteiger partial charge in [0.15, 0.2) is 0 Å². The highest BCUT2D eigenvalue weighted by molar-refractivity contribution is 5.67. The Bertz CT molecular complexity index is 506. The Morgan fingerprint density at radius 2 is 1.83 bits per heavy atom. The van der Waals surface area contributed by atoms with Crippen LogP contribution >= 0.6 is 0 Å². The normalized spacial score (nSPS) is 12.1. The van der Waals surface area contributed by atoms with E-state index in [1.54, 1.807) is 0 Å². The van der Waals surface area contributed by atoms with Crippen molar-refractivity contribution < 1.29 is 0 Å². The number of nitrogens with one attached hydrogen (secondary N) is 1. The molecule has 0 saturated heterocycles. The molecule has 2 heteroatoms. The molecule has 0 aliphatic heterocycles. The standard InChI is InChI=1S/C16H20N2/c1-12-8-9-16(15(17)10-12)18-13(2)11-14-6-4-3-5-7-14/h3-10,13,18H,11,17H2,1-2H3. The third-order valence-electron chi connectivity index (χ3n) is 2.99. The lowest BCUT2D eigenvalue weighted by Gasteiger charge is -2.17. The Morgan fingerprint density at radius 3 is 2.50 bits per heavy atom. The van der Waals surface area contributed by atoms with Gasteiger partial charge in [0.25, 0.3) is 0 Å². The maximum absolute atomic E-state index is 6.00. The summed E-state index contributed by atoms with van der Waals surface area (Å²) >= 11 is 0. The van der Waals surface area contributed by atoms with Gasteiger partial charge in [-0.2, -0.15) is 0 Å². The quantitative estimate of drug-likeness (QED) is 0.801.